The van der Waals surface area contributed by atoms with E-state index in [0.29, 0.717) is 13.0 Å². The van der Waals surface area contributed by atoms with E-state index in [4.69, 9.17) is 4.74 Å². The van der Waals surface area contributed by atoms with Gasteiger partial charge in [0.05, 0.1) is 12.5 Å². The van der Waals surface area contributed by atoms with Crippen LogP contribution in [0.15, 0.2) is 30.3 Å². The SMILES string of the molecule is O=C(C[C@H]1[C@H](O)C12CCCCC2)OCc1ccccc1. The van der Waals surface area contributed by atoms with Crippen molar-refractivity contribution in [1.82, 2.24) is 0 Å². The van der Waals surface area contributed by atoms with Gasteiger partial charge in [-0.1, -0.05) is 49.6 Å². The molecule has 1 spiro atoms. The zero-order valence-electron chi connectivity index (χ0n) is 11.8. The molecule has 0 amide bonds. The van der Waals surface area contributed by atoms with E-state index in [1.807, 2.05) is 30.3 Å². The Morgan fingerprint density at radius 3 is 2.60 bits per heavy atom. The van der Waals surface area contributed by atoms with Crippen LogP contribution in [-0.2, 0) is 16.1 Å². The highest BCUT2D eigenvalue weighted by molar-refractivity contribution is 5.70. The molecule has 108 valence electrons. The first-order chi connectivity index (χ1) is 9.72. The molecular formula is C17H22O3. The third-order valence-electron chi connectivity index (χ3n) is 5.01. The molecule has 20 heavy (non-hydrogen) atoms. The van der Waals surface area contributed by atoms with Crippen LogP contribution in [0.3, 0.4) is 0 Å². The van der Waals surface area contributed by atoms with Crippen LogP contribution in [0.2, 0.25) is 0 Å². The number of aliphatic hydroxyl groups is 1. The van der Waals surface area contributed by atoms with Crippen LogP contribution in [0, 0.1) is 11.3 Å². The fraction of sp³-hybridized carbons (Fsp3) is 0.588. The minimum atomic E-state index is -0.285. The highest BCUT2D eigenvalue weighted by atomic mass is 16.5. The monoisotopic (exact) mass is 274 g/mol. The van der Waals surface area contributed by atoms with E-state index in [9.17, 15) is 9.90 Å². The summed E-state index contributed by atoms with van der Waals surface area (Å²) in [5, 5.41) is 10.1. The predicted molar refractivity (Wildman–Crippen MR) is 75.9 cm³/mol. The molecule has 3 nitrogen and oxygen atoms in total. The highest BCUT2D eigenvalue weighted by Crippen LogP contribution is 2.62. The Morgan fingerprint density at radius 2 is 1.90 bits per heavy atom. The summed E-state index contributed by atoms with van der Waals surface area (Å²) in [5.74, 6) is -0.0496. The molecule has 0 saturated heterocycles. The second kappa shape index (κ2) is 5.57. The second-order valence-electron chi connectivity index (χ2n) is 6.20. The molecule has 0 heterocycles. The fourth-order valence-corrected chi connectivity index (χ4v) is 3.72. The Hall–Kier alpha value is -1.35. The van der Waals surface area contributed by atoms with Gasteiger partial charge in [0.25, 0.3) is 0 Å². The first kappa shape index (κ1) is 13.6. The van der Waals surface area contributed by atoms with Gasteiger partial charge in [0, 0.05) is 11.3 Å². The van der Waals surface area contributed by atoms with Gasteiger partial charge in [-0.05, 0) is 18.4 Å². The van der Waals surface area contributed by atoms with Gasteiger partial charge in [0.2, 0.25) is 0 Å². The van der Waals surface area contributed by atoms with Gasteiger partial charge in [-0.15, -0.1) is 0 Å². The first-order valence-corrected chi connectivity index (χ1v) is 7.60. The molecule has 3 heteroatoms. The smallest absolute Gasteiger partial charge is 0.306 e. The van der Waals surface area contributed by atoms with Crippen molar-refractivity contribution in [3.05, 3.63) is 35.9 Å². The lowest BCUT2D eigenvalue weighted by Gasteiger charge is -2.22. The van der Waals surface area contributed by atoms with Crippen LogP contribution < -0.4 is 0 Å². The van der Waals surface area contributed by atoms with Crippen molar-refractivity contribution in [1.29, 1.82) is 0 Å². The van der Waals surface area contributed by atoms with Crippen molar-refractivity contribution in [2.24, 2.45) is 11.3 Å². The molecule has 2 saturated carbocycles. The Kier molecular flexibility index (Phi) is 3.79. The Labute approximate surface area is 120 Å². The number of carbonyl (C=O) groups excluding carboxylic acids is 1. The van der Waals surface area contributed by atoms with Crippen molar-refractivity contribution in [3.63, 3.8) is 0 Å². The highest BCUT2D eigenvalue weighted by Gasteiger charge is 2.63. The van der Waals surface area contributed by atoms with Crippen LogP contribution >= 0.6 is 0 Å². The Balaban J connectivity index is 1.48. The van der Waals surface area contributed by atoms with Crippen molar-refractivity contribution in [3.8, 4) is 0 Å². The minimum absolute atomic E-state index is 0.0457. The molecule has 1 N–H and O–H groups in total. The van der Waals surface area contributed by atoms with Gasteiger partial charge < -0.3 is 9.84 Å². The summed E-state index contributed by atoms with van der Waals surface area (Å²) in [4.78, 5) is 11.9. The molecule has 2 atom stereocenters. The van der Waals surface area contributed by atoms with Gasteiger partial charge in [-0.2, -0.15) is 0 Å². The summed E-state index contributed by atoms with van der Waals surface area (Å²) in [6.45, 7) is 0.329. The quantitative estimate of drug-likeness (QED) is 0.858. The largest absolute Gasteiger partial charge is 0.461 e. The average molecular weight is 274 g/mol. The van der Waals surface area contributed by atoms with Gasteiger partial charge in [-0.3, -0.25) is 4.79 Å². The van der Waals surface area contributed by atoms with Crippen molar-refractivity contribution >= 4 is 5.97 Å². The molecule has 3 rings (SSSR count). The summed E-state index contributed by atoms with van der Waals surface area (Å²) in [6.07, 6.45) is 5.87. The molecule has 0 bridgehead atoms. The maximum atomic E-state index is 11.9. The summed E-state index contributed by atoms with van der Waals surface area (Å²) >= 11 is 0. The van der Waals surface area contributed by atoms with Crippen molar-refractivity contribution in [2.75, 3.05) is 0 Å². The van der Waals surface area contributed by atoms with Crippen molar-refractivity contribution < 1.29 is 14.6 Å². The van der Waals surface area contributed by atoms with Crippen LogP contribution in [0.5, 0.6) is 0 Å². The summed E-state index contributed by atoms with van der Waals surface area (Å²) in [7, 11) is 0. The van der Waals surface area contributed by atoms with Crippen LogP contribution in [0.25, 0.3) is 0 Å². The van der Waals surface area contributed by atoms with E-state index in [2.05, 4.69) is 0 Å². The number of rotatable bonds is 4. The molecule has 0 radical (unpaired) electrons. The zero-order chi connectivity index (χ0) is 14.0. The number of hydrogen-bond acceptors (Lipinski definition) is 3. The fourth-order valence-electron chi connectivity index (χ4n) is 3.72. The van der Waals surface area contributed by atoms with Gasteiger partial charge in [0.1, 0.15) is 6.61 Å². The maximum absolute atomic E-state index is 11.9. The molecular weight excluding hydrogens is 252 g/mol. The third kappa shape index (κ3) is 2.59. The molecule has 2 aliphatic rings. The van der Waals surface area contributed by atoms with Crippen molar-refractivity contribution in [2.45, 2.75) is 51.2 Å². The first-order valence-electron chi connectivity index (χ1n) is 7.60. The summed E-state index contributed by atoms with van der Waals surface area (Å²) < 4.78 is 5.31. The van der Waals surface area contributed by atoms with Crippen LogP contribution in [0.4, 0.5) is 0 Å². The maximum Gasteiger partial charge on any atom is 0.306 e. The lowest BCUT2D eigenvalue weighted by molar-refractivity contribution is -0.145. The number of ether oxygens (including phenoxy) is 1. The van der Waals surface area contributed by atoms with E-state index >= 15 is 0 Å². The molecule has 0 aliphatic heterocycles. The lowest BCUT2D eigenvalue weighted by Crippen LogP contribution is -2.14. The Morgan fingerprint density at radius 1 is 1.20 bits per heavy atom. The standard InChI is InChI=1S/C17H22O3/c18-15(20-12-13-7-3-1-4-8-13)11-14-16(19)17(14)9-5-2-6-10-17/h1,3-4,7-8,14,16,19H,2,5-6,9-12H2/t14-,16-/m0/s1. The molecule has 2 fully saturated rings. The van der Waals surface area contributed by atoms with Gasteiger partial charge in [-0.25, -0.2) is 0 Å². The van der Waals surface area contributed by atoms with Gasteiger partial charge in [0.15, 0.2) is 0 Å². The van der Waals surface area contributed by atoms with Gasteiger partial charge >= 0.3 is 5.97 Å². The van der Waals surface area contributed by atoms with E-state index in [0.717, 1.165) is 18.4 Å². The Bertz CT molecular complexity index is 462. The number of benzene rings is 1. The van der Waals surface area contributed by atoms with E-state index in [-0.39, 0.29) is 23.4 Å². The molecule has 1 aromatic rings. The average Bonchev–Trinajstić information content (AvgIpc) is 3.01. The van der Waals surface area contributed by atoms with Crippen LogP contribution in [-0.4, -0.2) is 17.2 Å². The van der Waals surface area contributed by atoms with E-state index in [1.165, 1.54) is 19.3 Å². The van der Waals surface area contributed by atoms with E-state index < -0.39 is 0 Å². The topological polar surface area (TPSA) is 46.5 Å². The molecule has 0 unspecified atom stereocenters. The summed E-state index contributed by atoms with van der Waals surface area (Å²) in [6, 6.07) is 9.71. The van der Waals surface area contributed by atoms with Crippen LogP contribution in [0.1, 0.15) is 44.1 Å². The number of hydrogen-bond donors (Lipinski definition) is 1. The number of aliphatic hydroxyl groups excluding tert-OH is 1. The summed E-state index contributed by atoms with van der Waals surface area (Å²) in [5.41, 5.74) is 1.05. The third-order valence-corrected chi connectivity index (χ3v) is 5.01. The number of esters is 1. The zero-order valence-corrected chi connectivity index (χ0v) is 11.8. The normalized spacial score (nSPS) is 27.2. The predicted octanol–water partition coefficient (Wildman–Crippen LogP) is 3.06. The number of carbonyl (C=O) groups is 1. The minimum Gasteiger partial charge on any atom is -0.461 e. The van der Waals surface area contributed by atoms with E-state index in [1.54, 1.807) is 0 Å². The molecule has 1 aromatic carbocycles. The molecule has 2 aliphatic carbocycles. The lowest BCUT2D eigenvalue weighted by atomic mass is 9.83. The second-order valence-corrected chi connectivity index (χ2v) is 6.20. The molecule has 0 aromatic heterocycles.